The molecule has 0 saturated carbocycles. The summed E-state index contributed by atoms with van der Waals surface area (Å²) in [5, 5.41) is 27.2. The average molecular weight is 244 g/mol. The van der Waals surface area contributed by atoms with Gasteiger partial charge in [-0.3, -0.25) is 4.52 Å². The maximum atomic E-state index is 10.2. The maximum absolute atomic E-state index is 10.2. The Morgan fingerprint density at radius 1 is 1.20 bits per heavy atom. The highest BCUT2D eigenvalue weighted by Gasteiger charge is 2.27. The third-order valence-electron chi connectivity index (χ3n) is 1.54. The largest absolute Gasteiger partial charge is 0.469 e. The van der Waals surface area contributed by atoms with Crippen molar-refractivity contribution in [1.29, 1.82) is 0 Å². The van der Waals surface area contributed by atoms with Gasteiger partial charge in [-0.1, -0.05) is 0 Å². The fourth-order valence-corrected chi connectivity index (χ4v) is 1.11. The van der Waals surface area contributed by atoms with Gasteiger partial charge in [-0.2, -0.15) is 0 Å². The Kier molecular flexibility index (Phi) is 6.15. The Bertz CT molecular complexity index is 237. The molecule has 0 spiro atoms. The Hall–Kier alpha value is -0.340. The second-order valence-electron chi connectivity index (χ2n) is 2.81. The minimum absolute atomic E-state index is 0.338. The molecular formula is C6H13O8P. The molecule has 90 valence electrons. The lowest BCUT2D eigenvalue weighted by Crippen LogP contribution is -2.40. The number of hydrogen-bond donors (Lipinski definition) is 5. The molecule has 0 saturated heterocycles. The van der Waals surface area contributed by atoms with Crippen molar-refractivity contribution in [3.63, 3.8) is 0 Å². The average Bonchev–Trinajstić information content (AvgIpc) is 2.12. The van der Waals surface area contributed by atoms with E-state index in [0.717, 1.165) is 0 Å². The van der Waals surface area contributed by atoms with Crippen LogP contribution < -0.4 is 0 Å². The number of aliphatic hydroxyl groups is 3. The van der Waals surface area contributed by atoms with Crippen molar-refractivity contribution < 1.29 is 39.0 Å². The lowest BCUT2D eigenvalue weighted by molar-refractivity contribution is -0.115. The first-order valence-corrected chi connectivity index (χ1v) is 5.49. The second-order valence-corrected chi connectivity index (χ2v) is 4.05. The van der Waals surface area contributed by atoms with Crippen LogP contribution in [0.15, 0.2) is 0 Å². The third-order valence-corrected chi connectivity index (χ3v) is 2.03. The lowest BCUT2D eigenvalue weighted by atomic mass is 10.1. The zero-order valence-electron chi connectivity index (χ0n) is 7.63. The van der Waals surface area contributed by atoms with E-state index in [-0.39, 0.29) is 0 Å². The Morgan fingerprint density at radius 3 is 2.13 bits per heavy atom. The molecule has 3 atom stereocenters. The van der Waals surface area contributed by atoms with Crippen LogP contribution in [0.25, 0.3) is 0 Å². The summed E-state index contributed by atoms with van der Waals surface area (Å²) in [5.41, 5.74) is 0. The van der Waals surface area contributed by atoms with Crippen LogP contribution in [0.1, 0.15) is 6.42 Å². The van der Waals surface area contributed by atoms with Gasteiger partial charge in [0.05, 0.1) is 12.7 Å². The summed E-state index contributed by atoms with van der Waals surface area (Å²) in [6.45, 7) is -0.846. The zero-order chi connectivity index (χ0) is 12.1. The molecule has 0 aliphatic heterocycles. The summed E-state index contributed by atoms with van der Waals surface area (Å²) in [6.07, 6.45) is -4.95. The number of hydrogen-bond acceptors (Lipinski definition) is 6. The first-order chi connectivity index (χ1) is 6.78. The molecule has 5 N–H and O–H groups in total. The normalized spacial score (nSPS) is 18.2. The number of carbonyl (C=O) groups excluding carboxylic acids is 1. The molecule has 0 heterocycles. The molecule has 0 unspecified atom stereocenters. The fraction of sp³-hybridized carbons (Fsp3) is 0.833. The van der Waals surface area contributed by atoms with Gasteiger partial charge in [0.1, 0.15) is 18.5 Å². The van der Waals surface area contributed by atoms with Crippen molar-refractivity contribution in [2.45, 2.75) is 24.7 Å². The van der Waals surface area contributed by atoms with Gasteiger partial charge in [0.2, 0.25) is 0 Å². The Labute approximate surface area is 85.4 Å². The predicted molar refractivity (Wildman–Crippen MR) is 46.7 cm³/mol. The van der Waals surface area contributed by atoms with E-state index in [2.05, 4.69) is 4.52 Å². The molecule has 0 amide bonds. The molecule has 0 aromatic carbocycles. The first-order valence-electron chi connectivity index (χ1n) is 3.96. The monoisotopic (exact) mass is 244 g/mol. The summed E-state index contributed by atoms with van der Waals surface area (Å²) in [6, 6.07) is 0. The van der Waals surface area contributed by atoms with Crippen LogP contribution in [0.5, 0.6) is 0 Å². The highest BCUT2D eigenvalue weighted by atomic mass is 31.2. The quantitative estimate of drug-likeness (QED) is 0.250. The molecular weight excluding hydrogens is 231 g/mol. The molecule has 0 aromatic rings. The van der Waals surface area contributed by atoms with E-state index < -0.39 is 39.2 Å². The van der Waals surface area contributed by atoms with Crippen molar-refractivity contribution in [3.8, 4) is 0 Å². The van der Waals surface area contributed by atoms with Crippen LogP contribution in [0.2, 0.25) is 0 Å². The van der Waals surface area contributed by atoms with Crippen molar-refractivity contribution in [2.24, 2.45) is 0 Å². The number of rotatable bonds is 7. The van der Waals surface area contributed by atoms with Crippen LogP contribution in [-0.2, 0) is 13.9 Å². The van der Waals surface area contributed by atoms with Gasteiger partial charge in [0.15, 0.2) is 0 Å². The summed E-state index contributed by atoms with van der Waals surface area (Å²) in [7, 11) is -4.73. The smallest absolute Gasteiger partial charge is 0.390 e. The van der Waals surface area contributed by atoms with E-state index in [9.17, 15) is 9.36 Å². The highest BCUT2D eigenvalue weighted by Crippen LogP contribution is 2.35. The summed E-state index contributed by atoms with van der Waals surface area (Å²) < 4.78 is 14.1. The standard InChI is InChI=1S/C6H13O8P/c7-2-1-4(8)6(10)5(9)3-14-15(11,12)13/h2,4-6,8-10H,1,3H2,(H2,11,12,13)/t4-,5+,6+/m0/s1. The Balaban J connectivity index is 4.03. The highest BCUT2D eigenvalue weighted by molar-refractivity contribution is 7.46. The topological polar surface area (TPSA) is 145 Å². The minimum atomic E-state index is -4.73. The van der Waals surface area contributed by atoms with E-state index in [0.29, 0.717) is 6.29 Å². The molecule has 0 fully saturated rings. The molecule has 9 heteroatoms. The van der Waals surface area contributed by atoms with Gasteiger partial charge in [-0.15, -0.1) is 0 Å². The molecule has 0 bridgehead atoms. The number of aldehydes is 1. The van der Waals surface area contributed by atoms with Crippen molar-refractivity contribution in [3.05, 3.63) is 0 Å². The van der Waals surface area contributed by atoms with Crippen LogP contribution in [-0.4, -0.2) is 56.3 Å². The van der Waals surface area contributed by atoms with Crippen molar-refractivity contribution in [2.75, 3.05) is 6.61 Å². The van der Waals surface area contributed by atoms with Gasteiger partial charge >= 0.3 is 7.82 Å². The van der Waals surface area contributed by atoms with E-state index in [4.69, 9.17) is 25.1 Å². The van der Waals surface area contributed by atoms with Crippen LogP contribution in [0.4, 0.5) is 0 Å². The van der Waals surface area contributed by atoms with E-state index in [1.807, 2.05) is 0 Å². The van der Waals surface area contributed by atoms with Gasteiger partial charge in [0.25, 0.3) is 0 Å². The minimum Gasteiger partial charge on any atom is -0.390 e. The molecule has 8 nitrogen and oxygen atoms in total. The number of phosphoric ester groups is 1. The van der Waals surface area contributed by atoms with Crippen molar-refractivity contribution >= 4 is 14.1 Å². The predicted octanol–water partition coefficient (Wildman–Crippen LogP) is -2.23. The van der Waals surface area contributed by atoms with E-state index >= 15 is 0 Å². The fourth-order valence-electron chi connectivity index (χ4n) is 0.766. The first kappa shape index (κ1) is 14.7. The molecule has 0 aliphatic carbocycles. The molecule has 0 radical (unpaired) electrons. The second kappa shape index (κ2) is 6.29. The van der Waals surface area contributed by atoms with Gasteiger partial charge in [-0.25, -0.2) is 4.57 Å². The van der Waals surface area contributed by atoms with Gasteiger partial charge in [0, 0.05) is 6.42 Å². The van der Waals surface area contributed by atoms with Gasteiger partial charge in [-0.05, 0) is 0 Å². The molecule has 15 heavy (non-hydrogen) atoms. The van der Waals surface area contributed by atoms with Gasteiger partial charge < -0.3 is 29.9 Å². The summed E-state index contributed by atoms with van der Waals surface area (Å²) in [5.74, 6) is 0. The summed E-state index contributed by atoms with van der Waals surface area (Å²) >= 11 is 0. The number of aliphatic hydroxyl groups excluding tert-OH is 3. The summed E-state index contributed by atoms with van der Waals surface area (Å²) in [4.78, 5) is 26.5. The molecule has 0 aromatic heterocycles. The van der Waals surface area contributed by atoms with Crippen LogP contribution in [0, 0.1) is 0 Å². The van der Waals surface area contributed by atoms with E-state index in [1.165, 1.54) is 0 Å². The Morgan fingerprint density at radius 2 is 1.73 bits per heavy atom. The SMILES string of the molecule is O=CC[C@H](O)[C@@H](O)[C@H](O)COP(=O)(O)O. The van der Waals surface area contributed by atoms with Crippen LogP contribution in [0.3, 0.4) is 0 Å². The number of carbonyl (C=O) groups is 1. The number of phosphoric acid groups is 1. The van der Waals surface area contributed by atoms with Crippen LogP contribution >= 0.6 is 7.82 Å². The van der Waals surface area contributed by atoms with E-state index in [1.54, 1.807) is 0 Å². The zero-order valence-corrected chi connectivity index (χ0v) is 8.53. The third kappa shape index (κ3) is 6.69. The van der Waals surface area contributed by atoms with Crippen molar-refractivity contribution in [1.82, 2.24) is 0 Å². The maximum Gasteiger partial charge on any atom is 0.469 e. The molecule has 0 aliphatic rings. The molecule has 0 rings (SSSR count). The lowest BCUT2D eigenvalue weighted by Gasteiger charge is -2.21.